The van der Waals surface area contributed by atoms with Crippen LogP contribution in [-0.4, -0.2) is 35.7 Å². The number of hydrogen-bond acceptors (Lipinski definition) is 7. The number of benzene rings is 2. The largest absolute Gasteiger partial charge is 0.500 e. The first-order valence-corrected chi connectivity index (χ1v) is 8.96. The lowest BCUT2D eigenvalue weighted by Crippen LogP contribution is -2.45. The summed E-state index contributed by atoms with van der Waals surface area (Å²) in [5.74, 6) is -1.53. The fraction of sp³-hybridized carbons (Fsp3) is 0.200. The third kappa shape index (κ3) is 3.88. The second-order valence-corrected chi connectivity index (χ2v) is 6.25. The van der Waals surface area contributed by atoms with Crippen molar-refractivity contribution in [1.29, 1.82) is 0 Å². The van der Waals surface area contributed by atoms with Gasteiger partial charge in [0.25, 0.3) is 0 Å². The molecule has 0 aliphatic carbocycles. The number of phenols is 1. The molecule has 1 heterocycles. The highest BCUT2D eigenvalue weighted by Crippen LogP contribution is 2.41. The molecule has 0 fully saturated rings. The van der Waals surface area contributed by atoms with Gasteiger partial charge in [-0.2, -0.15) is 0 Å². The topological polar surface area (TPSA) is 140 Å². The quantitative estimate of drug-likeness (QED) is 0.376. The standard InChI is InChI=1S/C20H19N3O7/c1-3-30-19(25)15-16(11-7-5-4-6-8-11)21-20(26)22-17(15)12-9-13(23(27)28)18(24)14(10-12)29-2/h4-10,17,24H,3H2,1-2H3,(H2,21,22,26)/t17-/m0/s1. The normalized spacial score (nSPS) is 15.8. The van der Waals surface area contributed by atoms with E-state index >= 15 is 0 Å². The first-order chi connectivity index (χ1) is 14.4. The van der Waals surface area contributed by atoms with Crippen molar-refractivity contribution in [2.24, 2.45) is 0 Å². The van der Waals surface area contributed by atoms with Crippen LogP contribution in [0.5, 0.6) is 11.5 Å². The van der Waals surface area contributed by atoms with Crippen LogP contribution in [0.15, 0.2) is 48.0 Å². The number of ether oxygens (including phenoxy) is 2. The minimum Gasteiger partial charge on any atom is -0.500 e. The van der Waals surface area contributed by atoms with E-state index in [2.05, 4.69) is 10.6 Å². The number of aromatic hydroxyl groups is 1. The second-order valence-electron chi connectivity index (χ2n) is 6.25. The monoisotopic (exact) mass is 413 g/mol. The third-order valence-electron chi connectivity index (χ3n) is 4.46. The number of nitrogens with one attached hydrogen (secondary N) is 2. The van der Waals surface area contributed by atoms with E-state index in [9.17, 15) is 24.8 Å². The van der Waals surface area contributed by atoms with Crippen molar-refractivity contribution < 1.29 is 29.1 Å². The molecule has 30 heavy (non-hydrogen) atoms. The van der Waals surface area contributed by atoms with Gasteiger partial charge in [-0.25, -0.2) is 9.59 Å². The molecule has 1 atom stereocenters. The van der Waals surface area contributed by atoms with E-state index < -0.39 is 34.4 Å². The van der Waals surface area contributed by atoms with Gasteiger partial charge in [0.15, 0.2) is 5.75 Å². The zero-order chi connectivity index (χ0) is 21.8. The molecule has 0 radical (unpaired) electrons. The SMILES string of the molecule is CCOC(=O)C1=C(c2ccccc2)NC(=O)N[C@H]1c1cc(OC)c(O)c([N+](=O)[O-])c1. The molecule has 0 unspecified atom stereocenters. The van der Waals surface area contributed by atoms with E-state index in [1.807, 2.05) is 0 Å². The lowest BCUT2D eigenvalue weighted by Gasteiger charge is -2.29. The Balaban J connectivity index is 2.26. The number of carbonyl (C=O) groups is 2. The Morgan fingerprint density at radius 1 is 1.27 bits per heavy atom. The van der Waals surface area contributed by atoms with Gasteiger partial charge in [-0.3, -0.25) is 10.1 Å². The van der Waals surface area contributed by atoms with Crippen molar-refractivity contribution >= 4 is 23.4 Å². The lowest BCUT2D eigenvalue weighted by atomic mass is 9.92. The number of carbonyl (C=O) groups excluding carboxylic acids is 2. The molecule has 10 heteroatoms. The van der Waals surface area contributed by atoms with E-state index in [1.54, 1.807) is 37.3 Å². The van der Waals surface area contributed by atoms with Crippen molar-refractivity contribution in [3.8, 4) is 11.5 Å². The third-order valence-corrected chi connectivity index (χ3v) is 4.46. The Bertz CT molecular complexity index is 1030. The van der Waals surface area contributed by atoms with Gasteiger partial charge in [-0.15, -0.1) is 0 Å². The predicted molar refractivity (Wildman–Crippen MR) is 106 cm³/mol. The van der Waals surface area contributed by atoms with Crippen molar-refractivity contribution in [1.82, 2.24) is 10.6 Å². The summed E-state index contributed by atoms with van der Waals surface area (Å²) in [6.07, 6.45) is 0. The van der Waals surface area contributed by atoms with Gasteiger partial charge >= 0.3 is 17.7 Å². The molecule has 0 saturated carbocycles. The number of esters is 1. The minimum absolute atomic E-state index is 0.0599. The van der Waals surface area contributed by atoms with Crippen LogP contribution < -0.4 is 15.4 Å². The molecule has 0 bridgehead atoms. The molecular formula is C20H19N3O7. The Morgan fingerprint density at radius 2 is 1.97 bits per heavy atom. The maximum Gasteiger partial charge on any atom is 0.338 e. The predicted octanol–water partition coefficient (Wildman–Crippen LogP) is 2.64. The molecule has 2 aromatic rings. The highest BCUT2D eigenvalue weighted by Gasteiger charge is 2.36. The summed E-state index contributed by atoms with van der Waals surface area (Å²) in [4.78, 5) is 35.8. The fourth-order valence-corrected chi connectivity index (χ4v) is 3.15. The molecular weight excluding hydrogens is 394 g/mol. The first-order valence-electron chi connectivity index (χ1n) is 8.96. The number of methoxy groups -OCH3 is 1. The van der Waals surface area contributed by atoms with Crippen LogP contribution in [0.4, 0.5) is 10.5 Å². The van der Waals surface area contributed by atoms with Crippen molar-refractivity contribution in [3.63, 3.8) is 0 Å². The van der Waals surface area contributed by atoms with Crippen LogP contribution in [0.3, 0.4) is 0 Å². The van der Waals surface area contributed by atoms with Crippen LogP contribution in [0.2, 0.25) is 0 Å². The molecule has 1 aliphatic rings. The van der Waals surface area contributed by atoms with Gasteiger partial charge in [0.2, 0.25) is 5.75 Å². The highest BCUT2D eigenvalue weighted by atomic mass is 16.6. The summed E-state index contributed by atoms with van der Waals surface area (Å²) in [5.41, 5.74) is 0.382. The molecule has 2 amide bonds. The molecule has 1 aliphatic heterocycles. The average Bonchev–Trinajstić information content (AvgIpc) is 2.73. The Kier molecular flexibility index (Phi) is 5.86. The maximum atomic E-state index is 12.8. The Hall–Kier alpha value is -4.08. The summed E-state index contributed by atoms with van der Waals surface area (Å²) in [6.45, 7) is 1.73. The van der Waals surface area contributed by atoms with Gasteiger partial charge in [0, 0.05) is 6.07 Å². The van der Waals surface area contributed by atoms with E-state index in [0.29, 0.717) is 5.56 Å². The average molecular weight is 413 g/mol. The van der Waals surface area contributed by atoms with Crippen molar-refractivity contribution in [3.05, 3.63) is 69.3 Å². The van der Waals surface area contributed by atoms with E-state index in [4.69, 9.17) is 9.47 Å². The van der Waals surface area contributed by atoms with Gasteiger partial charge in [0.1, 0.15) is 0 Å². The number of urea groups is 1. The van der Waals surface area contributed by atoms with Crippen LogP contribution in [0.1, 0.15) is 24.1 Å². The summed E-state index contributed by atoms with van der Waals surface area (Å²) in [7, 11) is 1.24. The second kappa shape index (κ2) is 8.52. The molecule has 2 aromatic carbocycles. The van der Waals surface area contributed by atoms with E-state index in [0.717, 1.165) is 6.07 Å². The number of nitro groups is 1. The summed E-state index contributed by atoms with van der Waals surface area (Å²) in [5, 5.41) is 26.6. The molecule has 156 valence electrons. The van der Waals surface area contributed by atoms with Gasteiger partial charge in [-0.1, -0.05) is 30.3 Å². The van der Waals surface area contributed by atoms with Crippen LogP contribution in [0.25, 0.3) is 5.70 Å². The van der Waals surface area contributed by atoms with E-state index in [-0.39, 0.29) is 29.2 Å². The zero-order valence-electron chi connectivity index (χ0n) is 16.2. The van der Waals surface area contributed by atoms with Gasteiger partial charge in [-0.05, 0) is 24.1 Å². The Morgan fingerprint density at radius 3 is 2.57 bits per heavy atom. The Labute approximate surface area is 171 Å². The fourth-order valence-electron chi connectivity index (χ4n) is 3.15. The highest BCUT2D eigenvalue weighted by molar-refractivity contribution is 6.04. The van der Waals surface area contributed by atoms with Crippen molar-refractivity contribution in [2.75, 3.05) is 13.7 Å². The summed E-state index contributed by atoms with van der Waals surface area (Å²) >= 11 is 0. The molecule has 3 rings (SSSR count). The molecule has 0 aromatic heterocycles. The van der Waals surface area contributed by atoms with Gasteiger partial charge < -0.3 is 25.2 Å². The van der Waals surface area contributed by atoms with Crippen LogP contribution >= 0.6 is 0 Å². The number of nitro benzene ring substituents is 1. The van der Waals surface area contributed by atoms with Crippen molar-refractivity contribution in [2.45, 2.75) is 13.0 Å². The number of hydrogen-bond donors (Lipinski definition) is 3. The van der Waals surface area contributed by atoms with Crippen LogP contribution in [-0.2, 0) is 9.53 Å². The van der Waals surface area contributed by atoms with Crippen LogP contribution in [0, 0.1) is 10.1 Å². The molecule has 0 spiro atoms. The smallest absolute Gasteiger partial charge is 0.338 e. The van der Waals surface area contributed by atoms with E-state index in [1.165, 1.54) is 13.2 Å². The zero-order valence-corrected chi connectivity index (χ0v) is 16.2. The number of phenolic OH excluding ortho intramolecular Hbond substituents is 1. The number of amides is 2. The molecule has 3 N–H and O–H groups in total. The molecule has 10 nitrogen and oxygen atoms in total. The summed E-state index contributed by atoms with van der Waals surface area (Å²) in [6, 6.07) is 9.38. The minimum atomic E-state index is -1.08. The summed E-state index contributed by atoms with van der Waals surface area (Å²) < 4.78 is 10.2. The lowest BCUT2D eigenvalue weighted by molar-refractivity contribution is -0.386. The first kappa shape index (κ1) is 20.6. The van der Waals surface area contributed by atoms with Gasteiger partial charge in [0.05, 0.1) is 36.0 Å². The molecule has 0 saturated heterocycles. The number of rotatable bonds is 6. The maximum absolute atomic E-state index is 12.8. The number of nitrogens with zero attached hydrogens (tertiary/aromatic N) is 1.